The summed E-state index contributed by atoms with van der Waals surface area (Å²) in [5, 5.41) is 14.7. The van der Waals surface area contributed by atoms with E-state index < -0.39 is 18.1 Å². The fourth-order valence-electron chi connectivity index (χ4n) is 4.83. The molecule has 0 spiro atoms. The molecule has 0 radical (unpaired) electrons. The topological polar surface area (TPSA) is 114 Å². The molecule has 1 heterocycles. The molecular formula is C26H30N2O6. The van der Waals surface area contributed by atoms with Gasteiger partial charge in [0.2, 0.25) is 5.91 Å². The zero-order valence-corrected chi connectivity index (χ0v) is 19.2. The minimum Gasteiger partial charge on any atom is -0.481 e. The molecule has 8 nitrogen and oxygen atoms in total. The summed E-state index contributed by atoms with van der Waals surface area (Å²) in [4.78, 5) is 36.5. The Bertz CT molecular complexity index is 1010. The molecule has 180 valence electrons. The second-order valence-corrected chi connectivity index (χ2v) is 8.77. The van der Waals surface area contributed by atoms with Crippen molar-refractivity contribution in [1.29, 1.82) is 0 Å². The second kappa shape index (κ2) is 10.7. The van der Waals surface area contributed by atoms with Crippen molar-refractivity contribution in [3.05, 3.63) is 59.7 Å². The molecule has 1 saturated heterocycles. The molecule has 2 unspecified atom stereocenters. The van der Waals surface area contributed by atoms with Gasteiger partial charge in [-0.15, -0.1) is 0 Å². The molecule has 0 aromatic heterocycles. The first-order chi connectivity index (χ1) is 16.5. The predicted octanol–water partition coefficient (Wildman–Crippen LogP) is 3.30. The van der Waals surface area contributed by atoms with Crippen LogP contribution in [-0.4, -0.2) is 55.0 Å². The van der Waals surface area contributed by atoms with Crippen LogP contribution in [-0.2, 0) is 19.1 Å². The number of nitrogens with one attached hydrogen (secondary N) is 2. The molecule has 2 aromatic carbocycles. The van der Waals surface area contributed by atoms with Crippen molar-refractivity contribution >= 4 is 18.0 Å². The number of fused-ring (bicyclic) bond motifs is 3. The average molecular weight is 467 g/mol. The van der Waals surface area contributed by atoms with Gasteiger partial charge in [-0.3, -0.25) is 9.59 Å². The Morgan fingerprint density at radius 2 is 1.74 bits per heavy atom. The third-order valence-electron chi connectivity index (χ3n) is 6.60. The number of benzene rings is 2. The van der Waals surface area contributed by atoms with Gasteiger partial charge in [0.25, 0.3) is 0 Å². The Morgan fingerprint density at radius 1 is 1.09 bits per heavy atom. The summed E-state index contributed by atoms with van der Waals surface area (Å²) in [5.41, 5.74) is 4.52. The molecular weight excluding hydrogens is 436 g/mol. The third-order valence-corrected chi connectivity index (χ3v) is 6.60. The summed E-state index contributed by atoms with van der Waals surface area (Å²) in [7, 11) is 0. The van der Waals surface area contributed by atoms with E-state index in [1.165, 1.54) is 0 Å². The van der Waals surface area contributed by atoms with Crippen LogP contribution in [0.2, 0.25) is 0 Å². The molecule has 34 heavy (non-hydrogen) atoms. The summed E-state index contributed by atoms with van der Waals surface area (Å²) in [6.07, 6.45) is 0.174. The van der Waals surface area contributed by atoms with Gasteiger partial charge in [0, 0.05) is 24.5 Å². The summed E-state index contributed by atoms with van der Waals surface area (Å²) in [6, 6.07) is 15.1. The van der Waals surface area contributed by atoms with E-state index in [4.69, 9.17) is 14.6 Å². The van der Waals surface area contributed by atoms with Crippen molar-refractivity contribution in [3.63, 3.8) is 0 Å². The van der Waals surface area contributed by atoms with Crippen LogP contribution in [0.5, 0.6) is 0 Å². The van der Waals surface area contributed by atoms with E-state index in [9.17, 15) is 14.4 Å². The fourth-order valence-corrected chi connectivity index (χ4v) is 4.83. The number of aliphatic carboxylic acids is 1. The van der Waals surface area contributed by atoms with Crippen LogP contribution in [0.1, 0.15) is 43.2 Å². The quantitative estimate of drug-likeness (QED) is 0.550. The summed E-state index contributed by atoms with van der Waals surface area (Å²) >= 11 is 0. The van der Waals surface area contributed by atoms with Gasteiger partial charge in [-0.2, -0.15) is 0 Å². The summed E-state index contributed by atoms with van der Waals surface area (Å²) < 4.78 is 10.9. The number of carboxylic acids is 1. The molecule has 2 aliphatic rings. The van der Waals surface area contributed by atoms with Gasteiger partial charge in [0.05, 0.1) is 13.0 Å². The number of amides is 2. The molecule has 1 aliphatic heterocycles. The molecule has 4 rings (SSSR count). The van der Waals surface area contributed by atoms with Crippen LogP contribution in [0, 0.1) is 5.92 Å². The van der Waals surface area contributed by atoms with E-state index in [1.54, 1.807) is 6.92 Å². The molecule has 8 heteroatoms. The van der Waals surface area contributed by atoms with Crippen molar-refractivity contribution in [2.24, 2.45) is 5.92 Å². The lowest BCUT2D eigenvalue weighted by molar-refractivity contribution is -0.140. The molecule has 1 fully saturated rings. The highest BCUT2D eigenvalue weighted by Crippen LogP contribution is 2.44. The normalized spacial score (nSPS) is 20.0. The number of hydrogen-bond acceptors (Lipinski definition) is 5. The maximum absolute atomic E-state index is 12.8. The predicted molar refractivity (Wildman–Crippen MR) is 125 cm³/mol. The molecule has 3 atom stereocenters. The van der Waals surface area contributed by atoms with Gasteiger partial charge in [0.15, 0.2) is 0 Å². The molecule has 2 amide bonds. The van der Waals surface area contributed by atoms with Crippen LogP contribution < -0.4 is 10.6 Å². The molecule has 0 saturated carbocycles. The smallest absolute Gasteiger partial charge is 0.407 e. The molecule has 0 bridgehead atoms. The largest absolute Gasteiger partial charge is 0.481 e. The fraction of sp³-hybridized carbons (Fsp3) is 0.423. The molecule has 3 N–H and O–H groups in total. The number of carboxylic acid groups (broad SMARTS) is 1. The van der Waals surface area contributed by atoms with E-state index in [-0.39, 0.29) is 43.4 Å². The van der Waals surface area contributed by atoms with Crippen LogP contribution in [0.15, 0.2) is 48.5 Å². The third kappa shape index (κ3) is 5.22. The van der Waals surface area contributed by atoms with Gasteiger partial charge in [-0.05, 0) is 35.1 Å². The number of alkyl carbamates (subject to hydrolysis) is 1. The molecule has 1 aliphatic carbocycles. The standard InChI is InChI=1S/C26H30N2O6/c1-2-22(25(31)27-23-11-12-33-14-16(23)13-24(29)30)28-26(32)34-15-21-19-9-5-3-7-17(19)18-8-4-6-10-20(18)21/h3-10,16,21-23H,2,11-15H2,1H3,(H,27,31)(H,28,32)(H,29,30)/t16?,22-,23?/m0/s1. The minimum absolute atomic E-state index is 0.0638. The van der Waals surface area contributed by atoms with Gasteiger partial charge in [0.1, 0.15) is 12.6 Å². The van der Waals surface area contributed by atoms with Gasteiger partial charge >= 0.3 is 12.1 Å². The Labute approximate surface area is 198 Å². The van der Waals surface area contributed by atoms with Gasteiger partial charge in [-0.25, -0.2) is 4.79 Å². The van der Waals surface area contributed by atoms with Gasteiger partial charge < -0.3 is 25.2 Å². The average Bonchev–Trinajstić information content (AvgIpc) is 3.16. The van der Waals surface area contributed by atoms with Crippen molar-refractivity contribution in [2.75, 3.05) is 19.8 Å². The maximum Gasteiger partial charge on any atom is 0.407 e. The maximum atomic E-state index is 12.8. The van der Waals surface area contributed by atoms with E-state index in [2.05, 4.69) is 22.8 Å². The van der Waals surface area contributed by atoms with Crippen LogP contribution in [0.25, 0.3) is 11.1 Å². The lowest BCUT2D eigenvalue weighted by atomic mass is 9.92. The first-order valence-corrected chi connectivity index (χ1v) is 11.7. The highest BCUT2D eigenvalue weighted by Gasteiger charge is 2.32. The highest BCUT2D eigenvalue weighted by atomic mass is 16.5. The first kappa shape index (κ1) is 23.8. The summed E-state index contributed by atoms with van der Waals surface area (Å²) in [5.74, 6) is -1.65. The van der Waals surface area contributed by atoms with Crippen LogP contribution in [0.4, 0.5) is 4.79 Å². The number of ether oxygens (including phenoxy) is 2. The van der Waals surface area contributed by atoms with Crippen molar-refractivity contribution in [3.8, 4) is 11.1 Å². The van der Waals surface area contributed by atoms with E-state index >= 15 is 0 Å². The van der Waals surface area contributed by atoms with E-state index in [0.29, 0.717) is 19.4 Å². The Morgan fingerprint density at radius 3 is 2.35 bits per heavy atom. The number of rotatable bonds is 8. The Hall–Kier alpha value is -3.39. The lowest BCUT2D eigenvalue weighted by Crippen LogP contribution is -2.53. The van der Waals surface area contributed by atoms with Crippen molar-refractivity contribution in [2.45, 2.75) is 44.2 Å². The van der Waals surface area contributed by atoms with Crippen LogP contribution >= 0.6 is 0 Å². The summed E-state index contributed by atoms with van der Waals surface area (Å²) in [6.45, 7) is 2.71. The second-order valence-electron chi connectivity index (χ2n) is 8.77. The highest BCUT2D eigenvalue weighted by molar-refractivity contribution is 5.86. The van der Waals surface area contributed by atoms with E-state index in [0.717, 1.165) is 22.3 Å². The van der Waals surface area contributed by atoms with Crippen LogP contribution in [0.3, 0.4) is 0 Å². The monoisotopic (exact) mass is 466 g/mol. The number of hydrogen-bond donors (Lipinski definition) is 3. The number of carbonyl (C=O) groups is 3. The minimum atomic E-state index is -0.932. The zero-order chi connectivity index (χ0) is 24.1. The molecule has 2 aromatic rings. The van der Waals surface area contributed by atoms with Crippen molar-refractivity contribution in [1.82, 2.24) is 10.6 Å². The SMILES string of the molecule is CC[C@H](NC(=O)OCC1c2ccccc2-c2ccccc21)C(=O)NC1CCOCC1CC(=O)O. The Kier molecular flexibility index (Phi) is 7.47. The van der Waals surface area contributed by atoms with Crippen molar-refractivity contribution < 1.29 is 29.0 Å². The van der Waals surface area contributed by atoms with Gasteiger partial charge in [-0.1, -0.05) is 55.5 Å². The first-order valence-electron chi connectivity index (χ1n) is 11.7. The number of carbonyl (C=O) groups excluding carboxylic acids is 2. The van der Waals surface area contributed by atoms with E-state index in [1.807, 2.05) is 36.4 Å². The Balaban J connectivity index is 1.35. The lowest BCUT2D eigenvalue weighted by Gasteiger charge is -2.32. The zero-order valence-electron chi connectivity index (χ0n) is 19.2.